The number of hydrogen-bond donors (Lipinski definition) is 0. The van der Waals surface area contributed by atoms with Gasteiger partial charge in [0.25, 0.3) is 0 Å². The summed E-state index contributed by atoms with van der Waals surface area (Å²) in [7, 11) is 0. The van der Waals surface area contributed by atoms with Crippen molar-refractivity contribution < 1.29 is 18.3 Å². The van der Waals surface area contributed by atoms with Gasteiger partial charge in [0.05, 0.1) is 0 Å². The van der Waals surface area contributed by atoms with Crippen molar-refractivity contribution >= 4 is 17.1 Å². The molecule has 0 unspecified atom stereocenters. The molecule has 5 heteroatoms. The van der Waals surface area contributed by atoms with Gasteiger partial charge in [-0.15, -0.1) is 8.78 Å². The van der Waals surface area contributed by atoms with E-state index in [1.54, 1.807) is 13.0 Å². The predicted molar refractivity (Wildman–Crippen MR) is 50.0 cm³/mol. The highest BCUT2D eigenvalue weighted by Crippen LogP contribution is 2.41. The molecule has 1 aliphatic heterocycles. The van der Waals surface area contributed by atoms with Crippen LogP contribution in [-0.4, -0.2) is 11.2 Å². The fraction of sp³-hybridized carbons (Fsp3) is 0.222. The Hall–Kier alpha value is -1.23. The highest BCUT2D eigenvalue weighted by atomic mass is 32.1. The van der Waals surface area contributed by atoms with Crippen LogP contribution in [0.2, 0.25) is 0 Å². The third-order valence-corrected chi connectivity index (χ3v) is 2.04. The lowest BCUT2D eigenvalue weighted by atomic mass is 10.1. The van der Waals surface area contributed by atoms with E-state index < -0.39 is 6.29 Å². The molecule has 1 aromatic carbocycles. The second kappa shape index (κ2) is 2.88. The Labute approximate surface area is 84.4 Å². The Morgan fingerprint density at radius 1 is 1.29 bits per heavy atom. The normalized spacial score (nSPS) is 16.8. The average Bonchev–Trinajstić information content (AvgIpc) is 2.36. The second-order valence-electron chi connectivity index (χ2n) is 2.89. The van der Waals surface area contributed by atoms with Gasteiger partial charge in [-0.3, -0.25) is 0 Å². The minimum Gasteiger partial charge on any atom is -0.395 e. The number of halogens is 2. The summed E-state index contributed by atoms with van der Waals surface area (Å²) in [5.41, 5.74) is 0.681. The van der Waals surface area contributed by atoms with Gasteiger partial charge in [0.15, 0.2) is 11.5 Å². The standard InChI is InChI=1S/C9H6F2O2S/c1-5(14)6-2-3-7-8(4-6)13-9(10,11)12-7/h2-4H,1H3. The Balaban J connectivity index is 2.40. The molecule has 74 valence electrons. The van der Waals surface area contributed by atoms with Crippen LogP contribution in [0.15, 0.2) is 18.2 Å². The smallest absolute Gasteiger partial charge is 0.395 e. The van der Waals surface area contributed by atoms with E-state index in [2.05, 4.69) is 9.47 Å². The highest BCUT2D eigenvalue weighted by molar-refractivity contribution is 7.80. The first-order valence-electron chi connectivity index (χ1n) is 3.89. The molecule has 0 aromatic heterocycles. The molecule has 0 bridgehead atoms. The zero-order valence-corrected chi connectivity index (χ0v) is 8.03. The maximum absolute atomic E-state index is 12.6. The minimum absolute atomic E-state index is 0.0247. The average molecular weight is 216 g/mol. The molecular weight excluding hydrogens is 210 g/mol. The van der Waals surface area contributed by atoms with Crippen molar-refractivity contribution in [3.63, 3.8) is 0 Å². The number of benzene rings is 1. The lowest BCUT2D eigenvalue weighted by molar-refractivity contribution is -0.286. The van der Waals surface area contributed by atoms with Gasteiger partial charge in [0.2, 0.25) is 0 Å². The molecule has 14 heavy (non-hydrogen) atoms. The van der Waals surface area contributed by atoms with E-state index in [9.17, 15) is 8.78 Å². The Kier molecular flexibility index (Phi) is 1.92. The Morgan fingerprint density at radius 3 is 2.57 bits per heavy atom. The summed E-state index contributed by atoms with van der Waals surface area (Å²) < 4.78 is 33.7. The quantitative estimate of drug-likeness (QED) is 0.531. The second-order valence-corrected chi connectivity index (χ2v) is 3.50. The van der Waals surface area contributed by atoms with Crippen LogP contribution >= 0.6 is 12.2 Å². The summed E-state index contributed by atoms with van der Waals surface area (Å²) in [6.45, 7) is 1.71. The Bertz CT molecular complexity index is 404. The lowest BCUT2D eigenvalue weighted by Gasteiger charge is -2.04. The molecule has 0 saturated carbocycles. The molecule has 2 rings (SSSR count). The van der Waals surface area contributed by atoms with E-state index >= 15 is 0 Å². The van der Waals surface area contributed by atoms with Crippen LogP contribution in [0.3, 0.4) is 0 Å². The third-order valence-electron chi connectivity index (χ3n) is 1.81. The van der Waals surface area contributed by atoms with E-state index in [1.165, 1.54) is 12.1 Å². The first-order chi connectivity index (χ1) is 6.48. The number of hydrogen-bond acceptors (Lipinski definition) is 3. The maximum atomic E-state index is 12.6. The van der Waals surface area contributed by atoms with Crippen molar-refractivity contribution in [1.29, 1.82) is 0 Å². The van der Waals surface area contributed by atoms with Crippen molar-refractivity contribution in [1.82, 2.24) is 0 Å². The molecule has 0 amide bonds. The van der Waals surface area contributed by atoms with Gasteiger partial charge in [-0.2, -0.15) is 0 Å². The molecule has 1 heterocycles. The van der Waals surface area contributed by atoms with Crippen LogP contribution in [-0.2, 0) is 0 Å². The summed E-state index contributed by atoms with van der Waals surface area (Å²) in [4.78, 5) is 0.617. The first kappa shape index (κ1) is 9.33. The summed E-state index contributed by atoms with van der Waals surface area (Å²) >= 11 is 4.91. The van der Waals surface area contributed by atoms with E-state index in [-0.39, 0.29) is 11.5 Å². The summed E-state index contributed by atoms with van der Waals surface area (Å²) in [6, 6.07) is 4.48. The van der Waals surface area contributed by atoms with Crippen molar-refractivity contribution in [2.75, 3.05) is 0 Å². The molecule has 1 aromatic rings. The number of thiocarbonyl (C=S) groups is 1. The van der Waals surface area contributed by atoms with Crippen molar-refractivity contribution in [2.24, 2.45) is 0 Å². The van der Waals surface area contributed by atoms with Gasteiger partial charge in [-0.05, 0) is 30.7 Å². The monoisotopic (exact) mass is 216 g/mol. The van der Waals surface area contributed by atoms with Crippen LogP contribution in [0.25, 0.3) is 0 Å². The van der Waals surface area contributed by atoms with E-state index in [0.29, 0.717) is 10.4 Å². The van der Waals surface area contributed by atoms with Crippen molar-refractivity contribution in [3.8, 4) is 11.5 Å². The van der Waals surface area contributed by atoms with Crippen LogP contribution < -0.4 is 9.47 Å². The summed E-state index contributed by atoms with van der Waals surface area (Å²) in [5.74, 6) is 0.0618. The zero-order valence-electron chi connectivity index (χ0n) is 7.21. The molecule has 0 radical (unpaired) electrons. The fourth-order valence-electron chi connectivity index (χ4n) is 1.17. The SMILES string of the molecule is CC(=S)c1ccc2c(c1)OC(F)(F)O2. The molecule has 0 atom stereocenters. The van der Waals surface area contributed by atoms with Gasteiger partial charge < -0.3 is 9.47 Å². The molecule has 2 nitrogen and oxygen atoms in total. The van der Waals surface area contributed by atoms with Gasteiger partial charge in [0.1, 0.15) is 0 Å². The van der Waals surface area contributed by atoms with Gasteiger partial charge in [-0.25, -0.2) is 0 Å². The number of alkyl halides is 2. The summed E-state index contributed by atoms with van der Waals surface area (Å²) in [5, 5.41) is 0. The molecule has 1 aliphatic rings. The largest absolute Gasteiger partial charge is 0.586 e. The maximum Gasteiger partial charge on any atom is 0.586 e. The molecule has 0 aliphatic carbocycles. The predicted octanol–water partition coefficient (Wildman–Crippen LogP) is 2.75. The first-order valence-corrected chi connectivity index (χ1v) is 4.29. The fourth-order valence-corrected chi connectivity index (χ4v) is 1.29. The van der Waals surface area contributed by atoms with Crippen LogP contribution in [0.4, 0.5) is 8.78 Å². The van der Waals surface area contributed by atoms with Crippen LogP contribution in [0, 0.1) is 0 Å². The molecule has 0 fully saturated rings. The van der Waals surface area contributed by atoms with E-state index in [1.807, 2.05) is 0 Å². The number of rotatable bonds is 1. The summed E-state index contributed by atoms with van der Waals surface area (Å²) in [6.07, 6.45) is -3.56. The highest BCUT2D eigenvalue weighted by Gasteiger charge is 2.43. The Morgan fingerprint density at radius 2 is 1.93 bits per heavy atom. The van der Waals surface area contributed by atoms with Crippen LogP contribution in [0.5, 0.6) is 11.5 Å². The third kappa shape index (κ3) is 1.55. The lowest BCUT2D eigenvalue weighted by Crippen LogP contribution is -2.25. The van der Waals surface area contributed by atoms with Gasteiger partial charge in [0, 0.05) is 4.86 Å². The van der Waals surface area contributed by atoms with Crippen LogP contribution in [0.1, 0.15) is 12.5 Å². The number of ether oxygens (including phenoxy) is 2. The zero-order chi connectivity index (χ0) is 10.3. The van der Waals surface area contributed by atoms with Gasteiger partial charge >= 0.3 is 6.29 Å². The molecule has 0 spiro atoms. The molecule has 0 saturated heterocycles. The molecule has 0 N–H and O–H groups in total. The molecular formula is C9H6F2O2S. The van der Waals surface area contributed by atoms with Gasteiger partial charge in [-0.1, -0.05) is 12.2 Å². The van der Waals surface area contributed by atoms with Crippen molar-refractivity contribution in [2.45, 2.75) is 13.2 Å². The van der Waals surface area contributed by atoms with E-state index in [4.69, 9.17) is 12.2 Å². The number of fused-ring (bicyclic) bond motifs is 1. The van der Waals surface area contributed by atoms with E-state index in [0.717, 1.165) is 0 Å². The topological polar surface area (TPSA) is 18.5 Å². The minimum atomic E-state index is -3.56. The van der Waals surface area contributed by atoms with Crippen molar-refractivity contribution in [3.05, 3.63) is 23.8 Å².